The molecule has 130 valence electrons. The number of hydrogen-bond donors (Lipinski definition) is 0. The van der Waals surface area contributed by atoms with Crippen molar-refractivity contribution < 1.29 is 9.15 Å². The Kier molecular flexibility index (Phi) is 5.46. The molecule has 0 unspecified atom stereocenters. The molecule has 0 saturated heterocycles. The summed E-state index contributed by atoms with van der Waals surface area (Å²) in [6.45, 7) is 5.80. The van der Waals surface area contributed by atoms with Gasteiger partial charge in [0.25, 0.3) is 0 Å². The lowest BCUT2D eigenvalue weighted by atomic mass is 10.2. The highest BCUT2D eigenvalue weighted by Crippen LogP contribution is 2.23. The Morgan fingerprint density at radius 1 is 1.00 bits per heavy atom. The zero-order chi connectivity index (χ0) is 17.6. The third-order valence-electron chi connectivity index (χ3n) is 4.08. The second kappa shape index (κ2) is 7.94. The van der Waals surface area contributed by atoms with Crippen LogP contribution in [-0.4, -0.2) is 28.2 Å². The van der Waals surface area contributed by atoms with Crippen molar-refractivity contribution in [2.45, 2.75) is 33.0 Å². The molecule has 1 aromatic heterocycles. The predicted molar refractivity (Wildman–Crippen MR) is 97.1 cm³/mol. The standard InChI is InChI=1S/C20H23N3O2/c1-15(2)23(13-16-8-5-4-6-9-16)14-19-21-22-20(25-19)17-10-7-11-18(12-17)24-3/h4-12,15H,13-14H2,1-3H3. The van der Waals surface area contributed by atoms with Crippen LogP contribution < -0.4 is 4.74 Å². The summed E-state index contributed by atoms with van der Waals surface area (Å²) in [7, 11) is 1.64. The minimum Gasteiger partial charge on any atom is -0.497 e. The summed E-state index contributed by atoms with van der Waals surface area (Å²) >= 11 is 0. The fourth-order valence-corrected chi connectivity index (χ4v) is 2.60. The molecule has 0 aliphatic carbocycles. The van der Waals surface area contributed by atoms with Gasteiger partial charge >= 0.3 is 0 Å². The number of benzene rings is 2. The Labute approximate surface area is 148 Å². The number of rotatable bonds is 7. The maximum absolute atomic E-state index is 5.87. The Balaban J connectivity index is 1.74. The second-order valence-corrected chi connectivity index (χ2v) is 6.22. The highest BCUT2D eigenvalue weighted by atomic mass is 16.5. The van der Waals surface area contributed by atoms with Crippen LogP contribution in [0.3, 0.4) is 0 Å². The van der Waals surface area contributed by atoms with Crippen LogP contribution in [0.1, 0.15) is 25.3 Å². The molecule has 0 fully saturated rings. The highest BCUT2D eigenvalue weighted by molar-refractivity contribution is 5.55. The molecule has 0 aliphatic rings. The molecule has 3 rings (SSSR count). The van der Waals surface area contributed by atoms with E-state index in [2.05, 4.69) is 53.2 Å². The molecule has 0 N–H and O–H groups in total. The van der Waals surface area contributed by atoms with Gasteiger partial charge in [-0.1, -0.05) is 36.4 Å². The van der Waals surface area contributed by atoms with Gasteiger partial charge in [0.05, 0.1) is 13.7 Å². The average molecular weight is 337 g/mol. The van der Waals surface area contributed by atoms with Gasteiger partial charge in [0.2, 0.25) is 11.8 Å². The first-order valence-corrected chi connectivity index (χ1v) is 8.40. The Morgan fingerprint density at radius 2 is 1.80 bits per heavy atom. The van der Waals surface area contributed by atoms with Gasteiger partial charge in [-0.05, 0) is 37.6 Å². The summed E-state index contributed by atoms with van der Waals surface area (Å²) < 4.78 is 11.1. The molecule has 0 amide bonds. The van der Waals surface area contributed by atoms with Crippen molar-refractivity contribution in [3.05, 3.63) is 66.1 Å². The van der Waals surface area contributed by atoms with Gasteiger partial charge in [0.15, 0.2) is 0 Å². The van der Waals surface area contributed by atoms with Gasteiger partial charge in [-0.25, -0.2) is 0 Å². The number of ether oxygens (including phenoxy) is 1. The van der Waals surface area contributed by atoms with Gasteiger partial charge in [-0.2, -0.15) is 0 Å². The Morgan fingerprint density at radius 3 is 2.52 bits per heavy atom. The quantitative estimate of drug-likeness (QED) is 0.648. The van der Waals surface area contributed by atoms with E-state index < -0.39 is 0 Å². The first-order chi connectivity index (χ1) is 12.2. The number of nitrogens with zero attached hydrogens (tertiary/aromatic N) is 3. The Hall–Kier alpha value is -2.66. The van der Waals surface area contributed by atoms with Crippen LogP contribution in [0.5, 0.6) is 5.75 Å². The van der Waals surface area contributed by atoms with Crippen LogP contribution in [0.2, 0.25) is 0 Å². The lowest BCUT2D eigenvalue weighted by Gasteiger charge is -2.24. The van der Waals surface area contributed by atoms with Crippen molar-refractivity contribution in [1.82, 2.24) is 15.1 Å². The van der Waals surface area contributed by atoms with E-state index in [4.69, 9.17) is 9.15 Å². The molecule has 0 saturated carbocycles. The van der Waals surface area contributed by atoms with Gasteiger partial charge in [0.1, 0.15) is 5.75 Å². The molecule has 0 aliphatic heterocycles. The third-order valence-corrected chi connectivity index (χ3v) is 4.08. The summed E-state index contributed by atoms with van der Waals surface area (Å²) in [4.78, 5) is 2.30. The molecular formula is C20H23N3O2. The number of methoxy groups -OCH3 is 1. The summed E-state index contributed by atoms with van der Waals surface area (Å²) in [5.74, 6) is 1.89. The fraction of sp³-hybridized carbons (Fsp3) is 0.300. The fourth-order valence-electron chi connectivity index (χ4n) is 2.60. The molecule has 0 atom stereocenters. The van der Waals surface area contributed by atoms with Gasteiger partial charge in [-0.15, -0.1) is 10.2 Å². The average Bonchev–Trinajstić information content (AvgIpc) is 3.11. The number of aromatic nitrogens is 2. The summed E-state index contributed by atoms with van der Waals surface area (Å²) in [6.07, 6.45) is 0. The zero-order valence-corrected chi connectivity index (χ0v) is 14.8. The molecule has 2 aromatic carbocycles. The molecule has 1 heterocycles. The van der Waals surface area contributed by atoms with E-state index in [1.807, 2.05) is 30.3 Å². The molecular weight excluding hydrogens is 314 g/mol. The zero-order valence-electron chi connectivity index (χ0n) is 14.8. The van der Waals surface area contributed by atoms with Crippen molar-refractivity contribution in [3.63, 3.8) is 0 Å². The molecule has 0 radical (unpaired) electrons. The van der Waals surface area contributed by atoms with E-state index in [0.29, 0.717) is 24.4 Å². The molecule has 0 spiro atoms. The number of hydrogen-bond acceptors (Lipinski definition) is 5. The minimum atomic E-state index is 0.368. The van der Waals surface area contributed by atoms with Gasteiger partial charge in [-0.3, -0.25) is 4.90 Å². The second-order valence-electron chi connectivity index (χ2n) is 6.22. The van der Waals surface area contributed by atoms with Crippen LogP contribution in [0.25, 0.3) is 11.5 Å². The molecule has 25 heavy (non-hydrogen) atoms. The maximum atomic E-state index is 5.87. The molecule has 5 heteroatoms. The summed E-state index contributed by atoms with van der Waals surface area (Å²) in [6, 6.07) is 18.4. The lowest BCUT2D eigenvalue weighted by molar-refractivity contribution is 0.184. The monoisotopic (exact) mass is 337 g/mol. The lowest BCUT2D eigenvalue weighted by Crippen LogP contribution is -2.29. The third kappa shape index (κ3) is 4.45. The smallest absolute Gasteiger partial charge is 0.247 e. The molecule has 3 aromatic rings. The van der Waals surface area contributed by atoms with Crippen LogP contribution in [0.4, 0.5) is 0 Å². The van der Waals surface area contributed by atoms with E-state index in [9.17, 15) is 0 Å². The highest BCUT2D eigenvalue weighted by Gasteiger charge is 2.16. The van der Waals surface area contributed by atoms with Crippen LogP contribution in [0, 0.1) is 0 Å². The first kappa shape index (κ1) is 17.2. The van der Waals surface area contributed by atoms with Gasteiger partial charge in [0, 0.05) is 18.2 Å². The normalized spacial score (nSPS) is 11.2. The summed E-state index contributed by atoms with van der Waals surface area (Å²) in [5.41, 5.74) is 2.13. The van der Waals surface area contributed by atoms with Crippen molar-refractivity contribution >= 4 is 0 Å². The first-order valence-electron chi connectivity index (χ1n) is 8.40. The van der Waals surface area contributed by atoms with E-state index in [-0.39, 0.29) is 0 Å². The Bertz CT molecular complexity index is 799. The largest absolute Gasteiger partial charge is 0.497 e. The van der Waals surface area contributed by atoms with E-state index >= 15 is 0 Å². The molecule has 5 nitrogen and oxygen atoms in total. The van der Waals surface area contributed by atoms with Crippen molar-refractivity contribution in [2.24, 2.45) is 0 Å². The maximum Gasteiger partial charge on any atom is 0.247 e. The van der Waals surface area contributed by atoms with Crippen LogP contribution >= 0.6 is 0 Å². The van der Waals surface area contributed by atoms with Crippen molar-refractivity contribution in [3.8, 4) is 17.2 Å². The van der Waals surface area contributed by atoms with Crippen LogP contribution in [0.15, 0.2) is 59.0 Å². The van der Waals surface area contributed by atoms with E-state index in [1.165, 1.54) is 5.56 Å². The van der Waals surface area contributed by atoms with Crippen molar-refractivity contribution in [1.29, 1.82) is 0 Å². The van der Waals surface area contributed by atoms with Crippen molar-refractivity contribution in [2.75, 3.05) is 7.11 Å². The molecule has 0 bridgehead atoms. The SMILES string of the molecule is COc1cccc(-c2nnc(CN(Cc3ccccc3)C(C)C)o2)c1. The topological polar surface area (TPSA) is 51.4 Å². The predicted octanol–water partition coefficient (Wildman–Crippen LogP) is 4.16. The van der Waals surface area contributed by atoms with E-state index in [1.54, 1.807) is 7.11 Å². The van der Waals surface area contributed by atoms with Crippen LogP contribution in [-0.2, 0) is 13.1 Å². The van der Waals surface area contributed by atoms with Gasteiger partial charge < -0.3 is 9.15 Å². The minimum absolute atomic E-state index is 0.368. The summed E-state index contributed by atoms with van der Waals surface area (Å²) in [5, 5.41) is 8.40. The van der Waals surface area contributed by atoms with E-state index in [0.717, 1.165) is 17.9 Å².